The zero-order valence-corrected chi connectivity index (χ0v) is 13.5. The summed E-state index contributed by atoms with van der Waals surface area (Å²) in [4.78, 5) is 4.37. The Bertz CT molecular complexity index is 440. The average Bonchev–Trinajstić information content (AvgIpc) is 2.42. The van der Waals surface area contributed by atoms with Crippen molar-refractivity contribution >= 4 is 21.9 Å². The summed E-state index contributed by atoms with van der Waals surface area (Å²) in [6.07, 6.45) is 0.896. The molecule has 112 valence electrons. The molecular formula is C14H21BrFN3O. The van der Waals surface area contributed by atoms with Crippen LogP contribution in [0.1, 0.15) is 18.9 Å². The van der Waals surface area contributed by atoms with Gasteiger partial charge in [-0.25, -0.2) is 9.38 Å². The number of aliphatic imine (C=N–C) groups is 1. The van der Waals surface area contributed by atoms with Crippen LogP contribution in [0.3, 0.4) is 0 Å². The second-order valence-electron chi connectivity index (χ2n) is 4.20. The Balaban J connectivity index is 2.56. The van der Waals surface area contributed by atoms with E-state index in [1.165, 1.54) is 6.07 Å². The van der Waals surface area contributed by atoms with E-state index in [0.29, 0.717) is 24.7 Å². The highest BCUT2D eigenvalue weighted by molar-refractivity contribution is 9.10. The van der Waals surface area contributed by atoms with Gasteiger partial charge in [-0.1, -0.05) is 22.0 Å². The molecular weight excluding hydrogens is 325 g/mol. The van der Waals surface area contributed by atoms with Crippen LogP contribution in [-0.4, -0.2) is 32.8 Å². The first-order valence-corrected chi connectivity index (χ1v) is 7.41. The van der Waals surface area contributed by atoms with Crippen molar-refractivity contribution in [2.24, 2.45) is 4.99 Å². The first-order chi connectivity index (χ1) is 9.67. The standard InChI is InChI=1S/C14H21BrFN3O/c1-3-17-14(18-7-4-8-20-2)19-10-11-5-6-12(15)9-13(11)16/h5-6,9H,3-4,7-8,10H2,1-2H3,(H2,17,18,19). The first-order valence-electron chi connectivity index (χ1n) is 6.62. The molecule has 0 aliphatic rings. The van der Waals surface area contributed by atoms with E-state index < -0.39 is 0 Å². The van der Waals surface area contributed by atoms with Crippen molar-refractivity contribution in [3.63, 3.8) is 0 Å². The van der Waals surface area contributed by atoms with Crippen molar-refractivity contribution in [2.45, 2.75) is 19.9 Å². The number of benzene rings is 1. The Morgan fingerprint density at radius 2 is 2.20 bits per heavy atom. The molecule has 0 radical (unpaired) electrons. The van der Waals surface area contributed by atoms with E-state index in [1.807, 2.05) is 13.0 Å². The van der Waals surface area contributed by atoms with Gasteiger partial charge in [-0.3, -0.25) is 0 Å². The van der Waals surface area contributed by atoms with Gasteiger partial charge in [0.05, 0.1) is 6.54 Å². The first kappa shape index (κ1) is 16.9. The molecule has 0 aliphatic heterocycles. The molecule has 1 aromatic rings. The third-order valence-electron chi connectivity index (χ3n) is 2.58. The van der Waals surface area contributed by atoms with E-state index in [2.05, 4.69) is 31.6 Å². The summed E-state index contributed by atoms with van der Waals surface area (Å²) in [6, 6.07) is 4.99. The van der Waals surface area contributed by atoms with E-state index in [4.69, 9.17) is 4.74 Å². The van der Waals surface area contributed by atoms with Crippen LogP contribution in [0.25, 0.3) is 0 Å². The lowest BCUT2D eigenvalue weighted by Gasteiger charge is -2.11. The van der Waals surface area contributed by atoms with Gasteiger partial charge in [-0.2, -0.15) is 0 Å². The number of methoxy groups -OCH3 is 1. The van der Waals surface area contributed by atoms with Crippen LogP contribution < -0.4 is 10.6 Å². The normalized spacial score (nSPS) is 11.5. The monoisotopic (exact) mass is 345 g/mol. The van der Waals surface area contributed by atoms with Gasteiger partial charge in [0.1, 0.15) is 5.82 Å². The second-order valence-corrected chi connectivity index (χ2v) is 5.12. The Kier molecular flexibility index (Phi) is 8.22. The van der Waals surface area contributed by atoms with E-state index in [-0.39, 0.29) is 5.82 Å². The van der Waals surface area contributed by atoms with Gasteiger partial charge < -0.3 is 15.4 Å². The highest BCUT2D eigenvalue weighted by Crippen LogP contribution is 2.15. The summed E-state index contributed by atoms with van der Waals surface area (Å²) in [5.74, 6) is 0.435. The molecule has 0 aromatic heterocycles. The molecule has 20 heavy (non-hydrogen) atoms. The quantitative estimate of drug-likeness (QED) is 0.453. The van der Waals surface area contributed by atoms with Crippen LogP contribution in [0, 0.1) is 5.82 Å². The fourth-order valence-corrected chi connectivity index (χ4v) is 1.91. The van der Waals surface area contributed by atoms with Crippen LogP contribution in [0.4, 0.5) is 4.39 Å². The summed E-state index contributed by atoms with van der Waals surface area (Å²) in [7, 11) is 1.68. The number of guanidine groups is 1. The fourth-order valence-electron chi connectivity index (χ4n) is 1.58. The molecule has 0 unspecified atom stereocenters. The topological polar surface area (TPSA) is 45.7 Å². The molecule has 0 fully saturated rings. The van der Waals surface area contributed by atoms with E-state index in [0.717, 1.165) is 24.0 Å². The van der Waals surface area contributed by atoms with Crippen LogP contribution in [0.5, 0.6) is 0 Å². The zero-order valence-electron chi connectivity index (χ0n) is 11.9. The van der Waals surface area contributed by atoms with Crippen molar-refractivity contribution in [1.29, 1.82) is 0 Å². The van der Waals surface area contributed by atoms with Crippen molar-refractivity contribution < 1.29 is 9.13 Å². The maximum atomic E-state index is 13.7. The van der Waals surface area contributed by atoms with Crippen molar-refractivity contribution in [1.82, 2.24) is 10.6 Å². The van der Waals surface area contributed by atoms with E-state index >= 15 is 0 Å². The van der Waals surface area contributed by atoms with Gasteiger partial charge in [0.15, 0.2) is 5.96 Å². The van der Waals surface area contributed by atoms with Crippen LogP contribution in [-0.2, 0) is 11.3 Å². The van der Waals surface area contributed by atoms with Gasteiger partial charge in [-0.05, 0) is 25.5 Å². The number of ether oxygens (including phenoxy) is 1. The number of rotatable bonds is 7. The molecule has 1 aromatic carbocycles. The average molecular weight is 346 g/mol. The minimum atomic E-state index is -0.252. The molecule has 0 saturated heterocycles. The largest absolute Gasteiger partial charge is 0.385 e. The molecule has 6 heteroatoms. The SMILES string of the molecule is CCNC(=NCc1ccc(Br)cc1F)NCCCOC. The molecule has 4 nitrogen and oxygen atoms in total. The van der Waals surface area contributed by atoms with Crippen LogP contribution in [0.2, 0.25) is 0 Å². The molecule has 2 N–H and O–H groups in total. The lowest BCUT2D eigenvalue weighted by molar-refractivity contribution is 0.195. The molecule has 1 rings (SSSR count). The Morgan fingerprint density at radius 3 is 2.85 bits per heavy atom. The lowest BCUT2D eigenvalue weighted by Crippen LogP contribution is -2.38. The molecule has 0 atom stereocenters. The number of nitrogens with one attached hydrogen (secondary N) is 2. The van der Waals surface area contributed by atoms with Crippen LogP contribution in [0.15, 0.2) is 27.7 Å². The molecule has 0 spiro atoms. The Hall–Kier alpha value is -1.14. The predicted molar refractivity (Wildman–Crippen MR) is 83.4 cm³/mol. The van der Waals surface area contributed by atoms with Crippen LogP contribution >= 0.6 is 15.9 Å². The second kappa shape index (κ2) is 9.72. The lowest BCUT2D eigenvalue weighted by atomic mass is 10.2. The highest BCUT2D eigenvalue weighted by Gasteiger charge is 2.03. The van der Waals surface area contributed by atoms with E-state index in [9.17, 15) is 4.39 Å². The molecule has 0 amide bonds. The molecule has 0 bridgehead atoms. The minimum Gasteiger partial charge on any atom is -0.385 e. The van der Waals surface area contributed by atoms with Gasteiger partial charge in [0.2, 0.25) is 0 Å². The number of hydrogen-bond acceptors (Lipinski definition) is 2. The highest BCUT2D eigenvalue weighted by atomic mass is 79.9. The summed E-state index contributed by atoms with van der Waals surface area (Å²) < 4.78 is 19.4. The van der Waals surface area contributed by atoms with Gasteiger partial charge in [-0.15, -0.1) is 0 Å². The maximum Gasteiger partial charge on any atom is 0.191 e. The van der Waals surface area contributed by atoms with Crippen molar-refractivity contribution in [2.75, 3.05) is 26.8 Å². The molecule has 0 saturated carbocycles. The smallest absolute Gasteiger partial charge is 0.191 e. The number of hydrogen-bond donors (Lipinski definition) is 2. The summed E-state index contributed by atoms with van der Waals surface area (Å²) >= 11 is 3.24. The van der Waals surface area contributed by atoms with Gasteiger partial charge in [0.25, 0.3) is 0 Å². The summed E-state index contributed by atoms with van der Waals surface area (Å²) in [5.41, 5.74) is 0.572. The predicted octanol–water partition coefficient (Wildman–Crippen LogP) is 2.68. The zero-order chi connectivity index (χ0) is 14.8. The van der Waals surface area contributed by atoms with Crippen molar-refractivity contribution in [3.8, 4) is 0 Å². The summed E-state index contributed by atoms with van der Waals surface area (Å²) in [5, 5.41) is 6.31. The fraction of sp³-hybridized carbons (Fsp3) is 0.500. The number of nitrogens with zero attached hydrogens (tertiary/aromatic N) is 1. The summed E-state index contributed by atoms with van der Waals surface area (Å²) in [6.45, 7) is 4.53. The Morgan fingerprint density at radius 1 is 1.40 bits per heavy atom. The third-order valence-corrected chi connectivity index (χ3v) is 3.08. The van der Waals surface area contributed by atoms with Gasteiger partial charge in [0, 0.05) is 36.8 Å². The minimum absolute atomic E-state index is 0.252. The maximum absolute atomic E-state index is 13.7. The number of halogens is 2. The molecule has 0 aliphatic carbocycles. The van der Waals surface area contributed by atoms with Crippen molar-refractivity contribution in [3.05, 3.63) is 34.1 Å². The Labute approximate surface area is 127 Å². The van der Waals surface area contributed by atoms with E-state index in [1.54, 1.807) is 13.2 Å². The molecule has 0 heterocycles. The third kappa shape index (κ3) is 6.34. The van der Waals surface area contributed by atoms with Gasteiger partial charge >= 0.3 is 0 Å².